The number of nitrogens with one attached hydrogen (secondary N) is 2. The minimum Gasteiger partial charge on any atom is -0.394 e. The molecule has 43 heavy (non-hydrogen) atoms. The van der Waals surface area contributed by atoms with E-state index in [0.29, 0.717) is 12.5 Å². The van der Waals surface area contributed by atoms with Gasteiger partial charge in [-0.05, 0) is 38.1 Å². The van der Waals surface area contributed by atoms with Crippen molar-refractivity contribution in [3.63, 3.8) is 0 Å². The van der Waals surface area contributed by atoms with Crippen LogP contribution in [-0.4, -0.2) is 154 Å². The summed E-state index contributed by atoms with van der Waals surface area (Å²) in [5.74, 6) is -1.27. The molecule has 0 aromatic heterocycles. The highest BCUT2D eigenvalue weighted by Crippen LogP contribution is 2.37. The average molecular weight is 622 g/mol. The van der Waals surface area contributed by atoms with Crippen molar-refractivity contribution in [3.05, 3.63) is 0 Å². The number of nitrogens with two attached hydrogens (primary N) is 5. The molecule has 2 saturated heterocycles. The number of aliphatic hydroxyl groups is 6. The third-order valence-corrected chi connectivity index (χ3v) is 9.44. The summed E-state index contributed by atoms with van der Waals surface area (Å²) in [7, 11) is 0. The van der Waals surface area contributed by atoms with Gasteiger partial charge in [-0.25, -0.2) is 0 Å². The van der Waals surface area contributed by atoms with Crippen LogP contribution in [0, 0.1) is 11.8 Å². The van der Waals surface area contributed by atoms with Crippen LogP contribution < -0.4 is 39.3 Å². The third-order valence-electron chi connectivity index (χ3n) is 9.44. The molecule has 2 aliphatic carbocycles. The van der Waals surface area contributed by atoms with Gasteiger partial charge in [0.15, 0.2) is 6.29 Å². The zero-order valence-electron chi connectivity index (χ0n) is 24.2. The van der Waals surface area contributed by atoms with Crippen LogP contribution in [0.2, 0.25) is 0 Å². The van der Waals surface area contributed by atoms with E-state index >= 15 is 0 Å². The number of amides is 1. The summed E-state index contributed by atoms with van der Waals surface area (Å²) in [6.45, 7) is -0.325. The van der Waals surface area contributed by atoms with Crippen molar-refractivity contribution in [3.8, 4) is 0 Å². The number of aliphatic hydroxyl groups excluding tert-OH is 6. The van der Waals surface area contributed by atoms with E-state index in [9.17, 15) is 35.4 Å². The van der Waals surface area contributed by atoms with Crippen LogP contribution in [0.3, 0.4) is 0 Å². The smallest absolute Gasteiger partial charge is 0.250 e. The average Bonchev–Trinajstić information content (AvgIpc) is 2.96. The maximum absolute atomic E-state index is 12.6. The Hall–Kier alpha value is -1.13. The molecule has 0 bridgehead atoms. The van der Waals surface area contributed by atoms with Gasteiger partial charge in [0.2, 0.25) is 5.91 Å². The Morgan fingerprint density at radius 1 is 0.930 bits per heavy atom. The molecule has 15 atom stereocenters. The van der Waals surface area contributed by atoms with Crippen LogP contribution in [0.1, 0.15) is 25.7 Å². The van der Waals surface area contributed by atoms with Gasteiger partial charge in [-0.15, -0.1) is 0 Å². The lowest BCUT2D eigenvalue weighted by molar-refractivity contribution is -0.307. The Bertz CT molecular complexity index is 904. The lowest BCUT2D eigenvalue weighted by atomic mass is 9.71. The summed E-state index contributed by atoms with van der Waals surface area (Å²) in [6, 6.07) is -3.26. The molecule has 2 saturated carbocycles. The second-order valence-electron chi connectivity index (χ2n) is 12.5. The fourth-order valence-corrected chi connectivity index (χ4v) is 6.79. The van der Waals surface area contributed by atoms with Crippen molar-refractivity contribution in [2.24, 2.45) is 40.5 Å². The molecule has 2 aliphatic heterocycles. The molecule has 15 unspecified atom stereocenters. The normalized spacial score (nSPS) is 47.9. The van der Waals surface area contributed by atoms with Gasteiger partial charge in [-0.1, -0.05) is 0 Å². The van der Waals surface area contributed by atoms with Crippen LogP contribution in [0.25, 0.3) is 0 Å². The van der Waals surface area contributed by atoms with E-state index in [2.05, 4.69) is 10.6 Å². The van der Waals surface area contributed by atoms with Gasteiger partial charge < -0.3 is 84.2 Å². The SMILES string of the molecule is NCC(O)C(=O)NC1CC(N)C(C2OC(CN)C(O)CC2NCC2CC(N)C2)C(O)C1OC1OC(CO)C(O)C(N)C1O. The molecule has 17 nitrogen and oxygen atoms in total. The second kappa shape index (κ2) is 15.0. The summed E-state index contributed by atoms with van der Waals surface area (Å²) in [6.07, 6.45) is -10.1. The van der Waals surface area contributed by atoms with Crippen LogP contribution in [0.4, 0.5) is 0 Å². The van der Waals surface area contributed by atoms with Crippen molar-refractivity contribution < 1.29 is 49.6 Å². The summed E-state index contributed by atoms with van der Waals surface area (Å²) in [5.41, 5.74) is 29.9. The van der Waals surface area contributed by atoms with Gasteiger partial charge in [-0.3, -0.25) is 4.79 Å². The minimum absolute atomic E-state index is 0.0282. The van der Waals surface area contributed by atoms with Crippen molar-refractivity contribution >= 4 is 5.91 Å². The molecular formula is C26H51N7O10. The molecule has 0 aromatic rings. The maximum atomic E-state index is 12.6. The summed E-state index contributed by atoms with van der Waals surface area (Å²) >= 11 is 0. The van der Waals surface area contributed by atoms with Crippen molar-refractivity contribution in [1.82, 2.24) is 10.6 Å². The van der Waals surface area contributed by atoms with Crippen molar-refractivity contribution in [2.45, 2.75) is 117 Å². The van der Waals surface area contributed by atoms with Crippen LogP contribution in [-0.2, 0) is 19.0 Å². The van der Waals surface area contributed by atoms with Gasteiger partial charge in [0.1, 0.15) is 30.5 Å². The number of ether oxygens (including phenoxy) is 3. The molecule has 0 radical (unpaired) electrons. The second-order valence-corrected chi connectivity index (χ2v) is 12.5. The number of rotatable bonds is 11. The van der Waals surface area contributed by atoms with Gasteiger partial charge in [0, 0.05) is 37.1 Å². The van der Waals surface area contributed by atoms with Gasteiger partial charge in [0.05, 0.1) is 43.1 Å². The van der Waals surface area contributed by atoms with Crippen LogP contribution in [0.15, 0.2) is 0 Å². The van der Waals surface area contributed by atoms with Gasteiger partial charge >= 0.3 is 0 Å². The van der Waals surface area contributed by atoms with E-state index in [0.717, 1.165) is 12.8 Å². The molecule has 18 N–H and O–H groups in total. The van der Waals surface area contributed by atoms with Crippen LogP contribution >= 0.6 is 0 Å². The molecule has 250 valence electrons. The first-order chi connectivity index (χ1) is 20.4. The maximum Gasteiger partial charge on any atom is 0.250 e. The zero-order chi connectivity index (χ0) is 31.6. The highest BCUT2D eigenvalue weighted by Gasteiger charge is 2.54. The Morgan fingerprint density at radius 2 is 1.63 bits per heavy atom. The first-order valence-electron chi connectivity index (χ1n) is 15.1. The van der Waals surface area contributed by atoms with E-state index < -0.39 is 104 Å². The number of carbonyl (C=O) groups is 1. The van der Waals surface area contributed by atoms with E-state index in [-0.39, 0.29) is 32.0 Å². The standard InChI is InChI=1S/C26H51N7O10/c27-5-15(36)25(40)33-13-3-11(30)18(21(38)24(13)43-26-22(39)19(31)20(37)17(8-34)42-26)23-12(4-14(35)16(6-28)41-23)32-7-9-1-10(29)2-9/h9-24,26,32,34-39H,1-8,27-31H2,(H,33,40). The third kappa shape index (κ3) is 7.65. The minimum atomic E-state index is -1.56. The topological polar surface area (TPSA) is 320 Å². The molecule has 2 heterocycles. The van der Waals surface area contributed by atoms with Gasteiger partial charge in [0.25, 0.3) is 0 Å². The molecule has 17 heteroatoms. The van der Waals surface area contributed by atoms with E-state index in [1.807, 2.05) is 0 Å². The van der Waals surface area contributed by atoms with E-state index in [1.165, 1.54) is 0 Å². The molecule has 0 spiro atoms. The molecular weight excluding hydrogens is 570 g/mol. The first kappa shape index (κ1) is 34.7. The van der Waals surface area contributed by atoms with Crippen molar-refractivity contribution in [2.75, 3.05) is 26.2 Å². The highest BCUT2D eigenvalue weighted by atomic mass is 16.7. The molecule has 4 fully saturated rings. The van der Waals surface area contributed by atoms with Crippen LogP contribution in [0.5, 0.6) is 0 Å². The highest BCUT2D eigenvalue weighted by molar-refractivity contribution is 5.81. The first-order valence-corrected chi connectivity index (χ1v) is 15.1. The fourth-order valence-electron chi connectivity index (χ4n) is 6.79. The van der Waals surface area contributed by atoms with E-state index in [1.54, 1.807) is 0 Å². The monoisotopic (exact) mass is 621 g/mol. The lowest BCUT2D eigenvalue weighted by Crippen LogP contribution is -2.70. The summed E-state index contributed by atoms with van der Waals surface area (Å²) in [4.78, 5) is 12.6. The van der Waals surface area contributed by atoms with E-state index in [4.69, 9.17) is 42.9 Å². The zero-order valence-corrected chi connectivity index (χ0v) is 24.2. The van der Waals surface area contributed by atoms with Gasteiger partial charge in [-0.2, -0.15) is 0 Å². The molecule has 1 amide bonds. The Kier molecular flexibility index (Phi) is 12.1. The molecule has 4 aliphatic rings. The molecule has 4 rings (SSSR count). The Morgan fingerprint density at radius 3 is 2.23 bits per heavy atom. The number of carbonyl (C=O) groups excluding carboxylic acids is 1. The summed E-state index contributed by atoms with van der Waals surface area (Å²) < 4.78 is 17.9. The van der Waals surface area contributed by atoms with Crippen molar-refractivity contribution in [1.29, 1.82) is 0 Å². The lowest BCUT2D eigenvalue weighted by Gasteiger charge is -2.52. The summed E-state index contributed by atoms with van der Waals surface area (Å²) in [5, 5.41) is 69.4. The number of hydrogen-bond donors (Lipinski definition) is 13. The largest absolute Gasteiger partial charge is 0.394 e. The molecule has 0 aromatic carbocycles. The Labute approximate surface area is 250 Å². The Balaban J connectivity index is 1.60. The fraction of sp³-hybridized carbons (Fsp3) is 0.962. The number of hydrogen-bond acceptors (Lipinski definition) is 16. The predicted molar refractivity (Wildman–Crippen MR) is 151 cm³/mol. The predicted octanol–water partition coefficient (Wildman–Crippen LogP) is -7.18. The quantitative estimate of drug-likeness (QED) is 0.102.